The fourth-order valence-corrected chi connectivity index (χ4v) is 1.42. The van der Waals surface area contributed by atoms with E-state index in [0.29, 0.717) is 18.0 Å². The standard InChI is InChI=1S/C12H16FN3O3/c1-3-19-10-6-8(13)4-5-9(10)15-7(2)11(17)16-12(14)18/h4-7,15H,3H2,1-2H3,(H3,14,16,17,18). The topological polar surface area (TPSA) is 93.4 Å². The summed E-state index contributed by atoms with van der Waals surface area (Å²) in [5.41, 5.74) is 5.30. The second-order valence-electron chi connectivity index (χ2n) is 3.79. The molecule has 0 bridgehead atoms. The number of carbonyl (C=O) groups excluding carboxylic acids is 2. The van der Waals surface area contributed by atoms with E-state index in [1.165, 1.54) is 25.1 Å². The molecule has 6 nitrogen and oxygen atoms in total. The zero-order valence-electron chi connectivity index (χ0n) is 10.7. The normalized spacial score (nSPS) is 11.5. The minimum Gasteiger partial charge on any atom is -0.492 e. The van der Waals surface area contributed by atoms with Gasteiger partial charge < -0.3 is 15.8 Å². The highest BCUT2D eigenvalue weighted by molar-refractivity contribution is 5.97. The first-order valence-corrected chi connectivity index (χ1v) is 5.73. The van der Waals surface area contributed by atoms with Gasteiger partial charge in [0.05, 0.1) is 12.3 Å². The van der Waals surface area contributed by atoms with Gasteiger partial charge >= 0.3 is 6.03 Å². The monoisotopic (exact) mass is 269 g/mol. The molecule has 1 atom stereocenters. The van der Waals surface area contributed by atoms with Crippen molar-refractivity contribution in [3.05, 3.63) is 24.0 Å². The van der Waals surface area contributed by atoms with E-state index in [4.69, 9.17) is 10.5 Å². The van der Waals surface area contributed by atoms with Crippen LogP contribution < -0.4 is 21.1 Å². The Labute approximate surface area is 110 Å². The van der Waals surface area contributed by atoms with E-state index in [-0.39, 0.29) is 0 Å². The van der Waals surface area contributed by atoms with E-state index in [0.717, 1.165) is 0 Å². The Bertz CT molecular complexity index is 479. The number of amides is 3. The molecule has 0 saturated heterocycles. The summed E-state index contributed by atoms with van der Waals surface area (Å²) in [5, 5.41) is 4.76. The van der Waals surface area contributed by atoms with Gasteiger partial charge in [0.1, 0.15) is 17.6 Å². The average Bonchev–Trinajstić information content (AvgIpc) is 2.32. The van der Waals surface area contributed by atoms with Crippen molar-refractivity contribution in [2.24, 2.45) is 5.73 Å². The fraction of sp³-hybridized carbons (Fsp3) is 0.333. The molecule has 19 heavy (non-hydrogen) atoms. The lowest BCUT2D eigenvalue weighted by Crippen LogP contribution is -2.43. The summed E-state index contributed by atoms with van der Waals surface area (Å²) in [5.74, 6) is -0.733. The van der Waals surface area contributed by atoms with Gasteiger partial charge in [-0.1, -0.05) is 0 Å². The number of carbonyl (C=O) groups is 2. The highest BCUT2D eigenvalue weighted by Gasteiger charge is 2.16. The Morgan fingerprint density at radius 1 is 1.47 bits per heavy atom. The highest BCUT2D eigenvalue weighted by atomic mass is 19.1. The lowest BCUT2D eigenvalue weighted by Gasteiger charge is -2.17. The van der Waals surface area contributed by atoms with Crippen molar-refractivity contribution in [1.29, 1.82) is 0 Å². The molecule has 0 aliphatic carbocycles. The first-order valence-electron chi connectivity index (χ1n) is 5.73. The van der Waals surface area contributed by atoms with Crippen molar-refractivity contribution >= 4 is 17.6 Å². The Balaban J connectivity index is 2.80. The third-order valence-electron chi connectivity index (χ3n) is 2.26. The molecule has 4 N–H and O–H groups in total. The number of nitrogens with two attached hydrogens (primary N) is 1. The Morgan fingerprint density at radius 3 is 2.74 bits per heavy atom. The van der Waals surface area contributed by atoms with Gasteiger partial charge in [0.2, 0.25) is 5.91 Å². The summed E-state index contributed by atoms with van der Waals surface area (Å²) in [7, 11) is 0. The van der Waals surface area contributed by atoms with Gasteiger partial charge in [-0.15, -0.1) is 0 Å². The molecular formula is C12H16FN3O3. The van der Waals surface area contributed by atoms with Crippen LogP contribution in [-0.2, 0) is 4.79 Å². The second-order valence-corrected chi connectivity index (χ2v) is 3.79. The predicted molar refractivity (Wildman–Crippen MR) is 68.4 cm³/mol. The van der Waals surface area contributed by atoms with Crippen molar-refractivity contribution in [3.8, 4) is 5.75 Å². The van der Waals surface area contributed by atoms with Crippen molar-refractivity contribution in [2.45, 2.75) is 19.9 Å². The average molecular weight is 269 g/mol. The lowest BCUT2D eigenvalue weighted by molar-refractivity contribution is -0.120. The second kappa shape index (κ2) is 6.58. The van der Waals surface area contributed by atoms with Gasteiger partial charge in [-0.05, 0) is 26.0 Å². The van der Waals surface area contributed by atoms with Gasteiger partial charge in [0.15, 0.2) is 0 Å². The molecule has 0 saturated carbocycles. The Morgan fingerprint density at radius 2 is 2.16 bits per heavy atom. The number of benzene rings is 1. The minimum atomic E-state index is -0.928. The van der Waals surface area contributed by atoms with Gasteiger partial charge in [-0.3, -0.25) is 10.1 Å². The van der Waals surface area contributed by atoms with Crippen LogP contribution in [0.1, 0.15) is 13.8 Å². The third kappa shape index (κ3) is 4.46. The number of nitrogens with one attached hydrogen (secondary N) is 2. The quantitative estimate of drug-likeness (QED) is 0.749. The summed E-state index contributed by atoms with van der Waals surface area (Å²) in [6, 6.07) is 2.25. The van der Waals surface area contributed by atoms with Crippen LogP contribution in [0.5, 0.6) is 5.75 Å². The number of imide groups is 1. The zero-order chi connectivity index (χ0) is 14.4. The van der Waals surface area contributed by atoms with Crippen molar-refractivity contribution in [1.82, 2.24) is 5.32 Å². The molecule has 0 heterocycles. The number of halogens is 1. The van der Waals surface area contributed by atoms with Crippen LogP contribution in [0.4, 0.5) is 14.9 Å². The minimum absolute atomic E-state index is 0.293. The molecule has 0 fully saturated rings. The molecule has 1 rings (SSSR count). The number of primary amides is 1. The maximum Gasteiger partial charge on any atom is 0.318 e. The molecule has 0 spiro atoms. The largest absolute Gasteiger partial charge is 0.492 e. The molecule has 1 unspecified atom stereocenters. The van der Waals surface area contributed by atoms with Gasteiger partial charge in [-0.25, -0.2) is 9.18 Å². The van der Waals surface area contributed by atoms with E-state index in [9.17, 15) is 14.0 Å². The van der Waals surface area contributed by atoms with Crippen LogP contribution >= 0.6 is 0 Å². The maximum atomic E-state index is 13.1. The van der Waals surface area contributed by atoms with Crippen LogP contribution in [0.15, 0.2) is 18.2 Å². The molecular weight excluding hydrogens is 253 g/mol. The fourth-order valence-electron chi connectivity index (χ4n) is 1.42. The zero-order valence-corrected chi connectivity index (χ0v) is 10.7. The van der Waals surface area contributed by atoms with Crippen LogP contribution in [0.25, 0.3) is 0 Å². The number of rotatable bonds is 5. The van der Waals surface area contributed by atoms with E-state index in [2.05, 4.69) is 5.32 Å². The molecule has 104 valence electrons. The molecule has 3 amide bonds. The van der Waals surface area contributed by atoms with E-state index >= 15 is 0 Å². The molecule has 1 aromatic rings. The molecule has 0 radical (unpaired) electrons. The summed E-state index contributed by atoms with van der Waals surface area (Å²) in [6.07, 6.45) is 0. The molecule has 0 aromatic heterocycles. The highest BCUT2D eigenvalue weighted by Crippen LogP contribution is 2.26. The number of urea groups is 1. The van der Waals surface area contributed by atoms with Gasteiger partial charge in [0.25, 0.3) is 0 Å². The summed E-state index contributed by atoms with van der Waals surface area (Å²) in [6.45, 7) is 3.66. The predicted octanol–water partition coefficient (Wildman–Crippen LogP) is 1.22. The first kappa shape index (κ1) is 14.7. The SMILES string of the molecule is CCOc1cc(F)ccc1NC(C)C(=O)NC(N)=O. The van der Waals surface area contributed by atoms with Crippen molar-refractivity contribution < 1.29 is 18.7 Å². The number of hydrogen-bond acceptors (Lipinski definition) is 4. The van der Waals surface area contributed by atoms with Crippen LogP contribution in [-0.4, -0.2) is 24.6 Å². The smallest absolute Gasteiger partial charge is 0.318 e. The van der Waals surface area contributed by atoms with Crippen LogP contribution in [0.3, 0.4) is 0 Å². The first-order chi connectivity index (χ1) is 8.93. The third-order valence-corrected chi connectivity index (χ3v) is 2.26. The van der Waals surface area contributed by atoms with Crippen molar-refractivity contribution in [2.75, 3.05) is 11.9 Å². The number of ether oxygens (including phenoxy) is 1. The molecule has 7 heteroatoms. The Hall–Kier alpha value is -2.31. The molecule has 0 aliphatic rings. The van der Waals surface area contributed by atoms with Crippen molar-refractivity contribution in [3.63, 3.8) is 0 Å². The number of anilines is 1. The van der Waals surface area contributed by atoms with E-state index < -0.39 is 23.8 Å². The molecule has 1 aromatic carbocycles. The summed E-state index contributed by atoms with van der Waals surface area (Å²) < 4.78 is 18.3. The van der Waals surface area contributed by atoms with E-state index in [1.54, 1.807) is 6.92 Å². The van der Waals surface area contributed by atoms with Crippen LogP contribution in [0.2, 0.25) is 0 Å². The molecule has 0 aliphatic heterocycles. The summed E-state index contributed by atoms with van der Waals surface area (Å²) >= 11 is 0. The van der Waals surface area contributed by atoms with Gasteiger partial charge in [-0.2, -0.15) is 0 Å². The maximum absolute atomic E-state index is 13.1. The lowest BCUT2D eigenvalue weighted by atomic mass is 10.2. The Kier molecular flexibility index (Phi) is 5.11. The van der Waals surface area contributed by atoms with Crippen LogP contribution in [0, 0.1) is 5.82 Å². The van der Waals surface area contributed by atoms with E-state index in [1.807, 2.05) is 5.32 Å². The summed E-state index contributed by atoms with van der Waals surface area (Å²) in [4.78, 5) is 22.1. The van der Waals surface area contributed by atoms with Gasteiger partial charge in [0, 0.05) is 6.07 Å². The number of hydrogen-bond donors (Lipinski definition) is 3.